The van der Waals surface area contributed by atoms with Gasteiger partial charge in [-0.3, -0.25) is 14.5 Å². The Labute approximate surface area is 69.5 Å². The Morgan fingerprint density at radius 3 is 2.33 bits per heavy atom. The fourth-order valence-electron chi connectivity index (χ4n) is 0.903. The van der Waals surface area contributed by atoms with Gasteiger partial charge in [-0.1, -0.05) is 0 Å². The summed E-state index contributed by atoms with van der Waals surface area (Å²) in [6.45, 7) is -0.168. The van der Waals surface area contributed by atoms with E-state index in [9.17, 15) is 9.59 Å². The molecule has 1 heterocycles. The molecule has 0 saturated heterocycles. The average molecular weight is 170 g/mol. The van der Waals surface area contributed by atoms with Crippen LogP contribution in [-0.2, 0) is 9.59 Å². The van der Waals surface area contributed by atoms with Crippen LogP contribution in [0.3, 0.4) is 0 Å². The van der Waals surface area contributed by atoms with E-state index in [1.54, 1.807) is 0 Å². The summed E-state index contributed by atoms with van der Waals surface area (Å²) in [6, 6.07) is -0.558. The molecule has 0 aliphatic carbocycles. The van der Waals surface area contributed by atoms with E-state index in [0.29, 0.717) is 0 Å². The smallest absolute Gasteiger partial charge is 0.253 e. The van der Waals surface area contributed by atoms with Crippen LogP contribution in [-0.4, -0.2) is 41.0 Å². The number of aliphatic hydroxyl groups is 1. The van der Waals surface area contributed by atoms with Gasteiger partial charge in [0.1, 0.15) is 0 Å². The average Bonchev–Trinajstić information content (AvgIpc) is 2.35. The molecule has 0 aromatic rings. The van der Waals surface area contributed by atoms with E-state index in [4.69, 9.17) is 10.8 Å². The topological polar surface area (TPSA) is 83.6 Å². The Morgan fingerprint density at radius 1 is 1.42 bits per heavy atom. The largest absolute Gasteiger partial charge is 0.395 e. The number of hydrogen-bond donors (Lipinski definition) is 2. The van der Waals surface area contributed by atoms with Crippen molar-refractivity contribution in [3.8, 4) is 0 Å². The first-order valence-electron chi connectivity index (χ1n) is 3.55. The number of carbonyl (C=O) groups is 2. The minimum atomic E-state index is -0.558. The molecule has 12 heavy (non-hydrogen) atoms. The monoisotopic (exact) mass is 170 g/mol. The molecule has 0 saturated carbocycles. The first kappa shape index (κ1) is 8.89. The second-order valence-corrected chi connectivity index (χ2v) is 2.56. The molecule has 0 spiro atoms. The second kappa shape index (κ2) is 3.46. The van der Waals surface area contributed by atoms with Crippen LogP contribution in [0.5, 0.6) is 0 Å². The molecule has 0 aromatic heterocycles. The van der Waals surface area contributed by atoms with E-state index in [1.807, 2.05) is 0 Å². The summed E-state index contributed by atoms with van der Waals surface area (Å²) in [7, 11) is 0. The van der Waals surface area contributed by atoms with Gasteiger partial charge in [0.25, 0.3) is 11.8 Å². The summed E-state index contributed by atoms with van der Waals surface area (Å²) < 4.78 is 0. The minimum Gasteiger partial charge on any atom is -0.395 e. The molecule has 1 unspecified atom stereocenters. The number of rotatable bonds is 3. The van der Waals surface area contributed by atoms with Gasteiger partial charge in [-0.2, -0.15) is 0 Å². The SMILES string of the molecule is NC(CO)CN1C(=O)C=CC1=O. The van der Waals surface area contributed by atoms with Crippen LogP contribution < -0.4 is 5.73 Å². The molecule has 0 aromatic carbocycles. The maximum atomic E-state index is 10.9. The number of nitrogens with two attached hydrogens (primary N) is 1. The summed E-state index contributed by atoms with van der Waals surface area (Å²) in [6.07, 6.45) is 2.37. The molecule has 0 fully saturated rings. The molecule has 1 rings (SSSR count). The molecule has 3 N–H and O–H groups in total. The predicted molar refractivity (Wildman–Crippen MR) is 40.9 cm³/mol. The number of amides is 2. The lowest BCUT2D eigenvalue weighted by molar-refractivity contribution is -0.137. The Morgan fingerprint density at radius 2 is 1.92 bits per heavy atom. The van der Waals surface area contributed by atoms with E-state index in [1.165, 1.54) is 12.2 Å². The zero-order valence-corrected chi connectivity index (χ0v) is 6.43. The predicted octanol–water partition coefficient (Wildman–Crippen LogP) is -1.77. The Bertz CT molecular complexity index is 219. The molecule has 2 amide bonds. The highest BCUT2D eigenvalue weighted by atomic mass is 16.3. The number of aliphatic hydroxyl groups excluding tert-OH is 1. The lowest BCUT2D eigenvalue weighted by atomic mass is 10.3. The first-order valence-corrected chi connectivity index (χ1v) is 3.55. The maximum Gasteiger partial charge on any atom is 0.253 e. The van der Waals surface area contributed by atoms with Crippen molar-refractivity contribution in [1.82, 2.24) is 4.90 Å². The highest BCUT2D eigenvalue weighted by Crippen LogP contribution is 2.03. The summed E-state index contributed by atoms with van der Waals surface area (Å²) in [5.41, 5.74) is 5.35. The van der Waals surface area contributed by atoms with Crippen LogP contribution in [0.2, 0.25) is 0 Å². The van der Waals surface area contributed by atoms with E-state index in [2.05, 4.69) is 0 Å². The van der Waals surface area contributed by atoms with Crippen molar-refractivity contribution >= 4 is 11.8 Å². The second-order valence-electron chi connectivity index (χ2n) is 2.56. The van der Waals surface area contributed by atoms with Gasteiger partial charge in [-0.15, -0.1) is 0 Å². The van der Waals surface area contributed by atoms with Gasteiger partial charge in [0, 0.05) is 24.7 Å². The van der Waals surface area contributed by atoms with Gasteiger partial charge < -0.3 is 10.8 Å². The standard InChI is InChI=1S/C7H10N2O3/c8-5(4-10)3-9-6(11)1-2-7(9)12/h1-2,5,10H,3-4,8H2. The third-order valence-corrected chi connectivity index (χ3v) is 1.55. The van der Waals surface area contributed by atoms with Crippen molar-refractivity contribution in [3.63, 3.8) is 0 Å². The van der Waals surface area contributed by atoms with Gasteiger partial charge in [0.2, 0.25) is 0 Å². The molecule has 5 heteroatoms. The van der Waals surface area contributed by atoms with Crippen molar-refractivity contribution in [3.05, 3.63) is 12.2 Å². The maximum absolute atomic E-state index is 10.9. The summed E-state index contributed by atoms with van der Waals surface area (Å²) in [5.74, 6) is -0.743. The van der Waals surface area contributed by atoms with Crippen LogP contribution in [0.1, 0.15) is 0 Å². The summed E-state index contributed by atoms with van der Waals surface area (Å²) in [4.78, 5) is 22.8. The van der Waals surface area contributed by atoms with Gasteiger partial charge in [-0.05, 0) is 0 Å². The third kappa shape index (κ3) is 1.69. The lowest BCUT2D eigenvalue weighted by Gasteiger charge is -2.16. The Kier molecular flexibility index (Phi) is 2.57. The van der Waals surface area contributed by atoms with Crippen molar-refractivity contribution in [2.24, 2.45) is 5.73 Å². The van der Waals surface area contributed by atoms with Crippen molar-refractivity contribution in [1.29, 1.82) is 0 Å². The highest BCUT2D eigenvalue weighted by molar-refractivity contribution is 6.12. The molecule has 0 radical (unpaired) electrons. The fraction of sp³-hybridized carbons (Fsp3) is 0.429. The number of imide groups is 1. The van der Waals surface area contributed by atoms with E-state index in [-0.39, 0.29) is 25.0 Å². The Hall–Kier alpha value is -1.20. The van der Waals surface area contributed by atoms with Crippen molar-refractivity contribution in [2.45, 2.75) is 6.04 Å². The normalized spacial score (nSPS) is 19.0. The van der Waals surface area contributed by atoms with Crippen LogP contribution >= 0.6 is 0 Å². The molecule has 5 nitrogen and oxygen atoms in total. The quantitative estimate of drug-likeness (QED) is 0.491. The van der Waals surface area contributed by atoms with E-state index < -0.39 is 6.04 Å². The highest BCUT2D eigenvalue weighted by Gasteiger charge is 2.24. The number of hydrogen-bond acceptors (Lipinski definition) is 4. The molecule has 1 aliphatic heterocycles. The van der Waals surface area contributed by atoms with Crippen LogP contribution in [0.4, 0.5) is 0 Å². The first-order chi connectivity index (χ1) is 5.65. The lowest BCUT2D eigenvalue weighted by Crippen LogP contribution is -2.42. The van der Waals surface area contributed by atoms with E-state index in [0.717, 1.165) is 4.90 Å². The Balaban J connectivity index is 2.53. The molecular formula is C7H10N2O3. The zero-order valence-electron chi connectivity index (χ0n) is 6.43. The fourth-order valence-corrected chi connectivity index (χ4v) is 0.903. The van der Waals surface area contributed by atoms with Crippen molar-refractivity contribution in [2.75, 3.05) is 13.2 Å². The van der Waals surface area contributed by atoms with Crippen LogP contribution in [0.25, 0.3) is 0 Å². The van der Waals surface area contributed by atoms with Crippen LogP contribution in [0.15, 0.2) is 12.2 Å². The molecule has 0 bridgehead atoms. The molecule has 66 valence electrons. The number of carbonyl (C=O) groups excluding carboxylic acids is 2. The van der Waals surface area contributed by atoms with Gasteiger partial charge >= 0.3 is 0 Å². The molecule has 1 aliphatic rings. The van der Waals surface area contributed by atoms with Crippen LogP contribution in [0, 0.1) is 0 Å². The van der Waals surface area contributed by atoms with Gasteiger partial charge in [-0.25, -0.2) is 0 Å². The van der Waals surface area contributed by atoms with Crippen molar-refractivity contribution < 1.29 is 14.7 Å². The van der Waals surface area contributed by atoms with Gasteiger partial charge in [0.15, 0.2) is 0 Å². The third-order valence-electron chi connectivity index (χ3n) is 1.55. The summed E-state index contributed by atoms with van der Waals surface area (Å²) >= 11 is 0. The van der Waals surface area contributed by atoms with E-state index >= 15 is 0 Å². The molecule has 1 atom stereocenters. The zero-order chi connectivity index (χ0) is 9.14. The summed E-state index contributed by atoms with van der Waals surface area (Å²) in [5, 5.41) is 8.57. The minimum absolute atomic E-state index is 0.0706. The molecular weight excluding hydrogens is 160 g/mol. The van der Waals surface area contributed by atoms with Gasteiger partial charge in [0.05, 0.1) is 6.61 Å². The number of nitrogens with zero attached hydrogens (tertiary/aromatic N) is 1.